The van der Waals surface area contributed by atoms with E-state index in [0.29, 0.717) is 12.1 Å². The molecule has 2 unspecified atom stereocenters. The van der Waals surface area contributed by atoms with E-state index in [1.165, 1.54) is 11.1 Å². The smallest absolute Gasteiger partial charge is 0.225 e. The largest absolute Gasteiger partial charge is 0.308 e. The predicted molar refractivity (Wildman–Crippen MR) is 80.7 cm³/mol. The average Bonchev–Trinajstić information content (AvgIpc) is 2.77. The summed E-state index contributed by atoms with van der Waals surface area (Å²) in [5.74, 6) is 0. The number of quaternary nitrogens is 1. The quantitative estimate of drug-likeness (QED) is 0.703. The summed E-state index contributed by atoms with van der Waals surface area (Å²) in [6.45, 7) is 13.6. The SMILES string of the molecule is CC(C)(C)C1=CC(C2C=C(C(C)(C)C)C=C[NH2+]2)[NH+]=C1. The molecule has 0 radical (unpaired) electrons. The Morgan fingerprint density at radius 2 is 1.58 bits per heavy atom. The highest BCUT2D eigenvalue weighted by Gasteiger charge is 2.34. The lowest BCUT2D eigenvalue weighted by atomic mass is 9.83. The van der Waals surface area contributed by atoms with Crippen LogP contribution in [0, 0.1) is 10.8 Å². The first-order valence-corrected chi connectivity index (χ1v) is 7.23. The fourth-order valence-corrected chi connectivity index (χ4v) is 2.49. The van der Waals surface area contributed by atoms with Crippen LogP contribution in [0.1, 0.15) is 41.5 Å². The fraction of sp³-hybridized carbons (Fsp3) is 0.588. The summed E-state index contributed by atoms with van der Waals surface area (Å²) in [7, 11) is 0. The van der Waals surface area contributed by atoms with Crippen LogP contribution >= 0.6 is 0 Å². The van der Waals surface area contributed by atoms with Crippen LogP contribution in [-0.2, 0) is 0 Å². The van der Waals surface area contributed by atoms with E-state index in [2.05, 4.69) is 82.5 Å². The Labute approximate surface area is 117 Å². The molecule has 19 heavy (non-hydrogen) atoms. The van der Waals surface area contributed by atoms with Gasteiger partial charge in [0, 0.05) is 5.57 Å². The van der Waals surface area contributed by atoms with Crippen molar-refractivity contribution in [1.29, 1.82) is 0 Å². The van der Waals surface area contributed by atoms with Crippen molar-refractivity contribution in [2.75, 3.05) is 0 Å². The normalized spacial score (nSPS) is 27.5. The molecule has 2 aliphatic rings. The topological polar surface area (TPSA) is 30.6 Å². The summed E-state index contributed by atoms with van der Waals surface area (Å²) in [6.07, 6.45) is 11.4. The summed E-state index contributed by atoms with van der Waals surface area (Å²) in [5.41, 5.74) is 3.29. The van der Waals surface area contributed by atoms with Crippen molar-refractivity contribution in [3.63, 3.8) is 0 Å². The van der Waals surface area contributed by atoms with Crippen LogP contribution < -0.4 is 10.3 Å². The van der Waals surface area contributed by atoms with Crippen LogP contribution in [0.25, 0.3) is 0 Å². The van der Waals surface area contributed by atoms with Crippen LogP contribution in [-0.4, -0.2) is 18.3 Å². The van der Waals surface area contributed by atoms with Gasteiger partial charge in [-0.15, -0.1) is 0 Å². The molecule has 0 amide bonds. The fourth-order valence-electron chi connectivity index (χ4n) is 2.49. The first kappa shape index (κ1) is 14.3. The zero-order chi connectivity index (χ0) is 14.3. The van der Waals surface area contributed by atoms with Crippen molar-refractivity contribution < 1.29 is 10.3 Å². The minimum atomic E-state index is 0.224. The lowest BCUT2D eigenvalue weighted by Crippen LogP contribution is -2.95. The summed E-state index contributed by atoms with van der Waals surface area (Å²) >= 11 is 0. The molecular formula is C17H28N2+2. The highest BCUT2D eigenvalue weighted by atomic mass is 15.0. The van der Waals surface area contributed by atoms with Crippen LogP contribution in [0.15, 0.2) is 35.6 Å². The maximum absolute atomic E-state index is 3.53. The molecule has 0 spiro atoms. The molecule has 2 nitrogen and oxygen atoms in total. The Bertz CT molecular complexity index is 464. The molecule has 2 rings (SSSR count). The molecule has 3 N–H and O–H groups in total. The van der Waals surface area contributed by atoms with Crippen molar-refractivity contribution in [2.45, 2.75) is 53.6 Å². The maximum Gasteiger partial charge on any atom is 0.225 e. The second kappa shape index (κ2) is 4.75. The van der Waals surface area contributed by atoms with E-state index in [1.807, 2.05) is 0 Å². The second-order valence-corrected chi connectivity index (χ2v) is 7.71. The standard InChI is InChI=1S/C17H26N2/c1-16(2,3)12-7-8-18-14(9-12)15-10-13(11-19-15)17(4,5)6/h7-11,14-15,18H,1-6H3/p+2. The maximum atomic E-state index is 3.53. The van der Waals surface area contributed by atoms with Gasteiger partial charge in [0.15, 0.2) is 12.3 Å². The van der Waals surface area contributed by atoms with Crippen molar-refractivity contribution in [2.24, 2.45) is 10.8 Å². The predicted octanol–water partition coefficient (Wildman–Crippen LogP) is 0.924. The molecule has 0 aromatic carbocycles. The van der Waals surface area contributed by atoms with E-state index >= 15 is 0 Å². The third-order valence-electron chi connectivity index (χ3n) is 3.92. The van der Waals surface area contributed by atoms with Crippen molar-refractivity contribution in [1.82, 2.24) is 0 Å². The van der Waals surface area contributed by atoms with Gasteiger partial charge >= 0.3 is 0 Å². The number of nitrogens with one attached hydrogen (secondary N) is 1. The molecule has 0 bridgehead atoms. The molecule has 0 aliphatic carbocycles. The van der Waals surface area contributed by atoms with E-state index in [-0.39, 0.29) is 10.8 Å². The van der Waals surface area contributed by atoms with Gasteiger partial charge < -0.3 is 5.32 Å². The van der Waals surface area contributed by atoms with Gasteiger partial charge in [-0.3, -0.25) is 0 Å². The first-order valence-electron chi connectivity index (χ1n) is 7.23. The Balaban J connectivity index is 2.18. The van der Waals surface area contributed by atoms with Gasteiger partial charge in [0.2, 0.25) is 6.04 Å². The van der Waals surface area contributed by atoms with Crippen LogP contribution in [0.3, 0.4) is 0 Å². The van der Waals surface area contributed by atoms with E-state index in [1.54, 1.807) is 0 Å². The van der Waals surface area contributed by atoms with Crippen LogP contribution in [0.4, 0.5) is 0 Å². The molecule has 0 aromatic heterocycles. The molecule has 0 saturated heterocycles. The van der Waals surface area contributed by atoms with Crippen molar-refractivity contribution in [3.05, 3.63) is 35.6 Å². The summed E-state index contributed by atoms with van der Waals surface area (Å²) in [6, 6.07) is 0.854. The number of hydrogen-bond acceptors (Lipinski definition) is 0. The molecule has 104 valence electrons. The van der Waals surface area contributed by atoms with Crippen LogP contribution in [0.5, 0.6) is 0 Å². The summed E-state index contributed by atoms with van der Waals surface area (Å²) in [5, 5.41) is 2.29. The van der Waals surface area contributed by atoms with E-state index in [9.17, 15) is 0 Å². The Morgan fingerprint density at radius 1 is 0.947 bits per heavy atom. The van der Waals surface area contributed by atoms with E-state index in [0.717, 1.165) is 0 Å². The van der Waals surface area contributed by atoms with Crippen molar-refractivity contribution in [3.8, 4) is 0 Å². The third-order valence-corrected chi connectivity index (χ3v) is 3.92. The number of hydrogen-bond donors (Lipinski definition) is 2. The molecule has 0 saturated carbocycles. The van der Waals surface area contributed by atoms with Gasteiger partial charge in [0.25, 0.3) is 0 Å². The number of nitrogens with two attached hydrogens (primary N) is 1. The summed E-state index contributed by atoms with van der Waals surface area (Å²) in [4.78, 5) is 3.53. The average molecular weight is 260 g/mol. The Kier molecular flexibility index (Phi) is 3.57. The highest BCUT2D eigenvalue weighted by Crippen LogP contribution is 2.28. The van der Waals surface area contributed by atoms with Gasteiger partial charge in [-0.25, -0.2) is 4.99 Å². The zero-order valence-electron chi connectivity index (χ0n) is 13.1. The van der Waals surface area contributed by atoms with Gasteiger partial charge in [-0.1, -0.05) is 41.5 Å². The third kappa shape index (κ3) is 3.24. The first-order chi connectivity index (χ1) is 8.68. The zero-order valence-corrected chi connectivity index (χ0v) is 13.1. The minimum absolute atomic E-state index is 0.224. The molecular weight excluding hydrogens is 232 g/mol. The number of allylic oxidation sites excluding steroid dienone is 3. The van der Waals surface area contributed by atoms with Gasteiger partial charge in [-0.2, -0.15) is 0 Å². The van der Waals surface area contributed by atoms with E-state index < -0.39 is 0 Å². The van der Waals surface area contributed by atoms with E-state index in [4.69, 9.17) is 0 Å². The lowest BCUT2D eigenvalue weighted by Gasteiger charge is -2.24. The summed E-state index contributed by atoms with van der Waals surface area (Å²) < 4.78 is 0. The minimum Gasteiger partial charge on any atom is -0.308 e. The van der Waals surface area contributed by atoms with Crippen LogP contribution in [0.2, 0.25) is 0 Å². The molecule has 2 aliphatic heterocycles. The Morgan fingerprint density at radius 3 is 2.11 bits per heavy atom. The molecule has 0 aromatic rings. The monoisotopic (exact) mass is 260 g/mol. The second-order valence-electron chi connectivity index (χ2n) is 7.71. The lowest BCUT2D eigenvalue weighted by molar-refractivity contribution is -0.660. The van der Waals surface area contributed by atoms with Gasteiger partial charge in [0.1, 0.15) is 0 Å². The van der Waals surface area contributed by atoms with Crippen molar-refractivity contribution >= 4 is 6.21 Å². The molecule has 2 heterocycles. The van der Waals surface area contributed by atoms with Gasteiger partial charge in [0.05, 0.1) is 6.20 Å². The number of rotatable bonds is 1. The molecule has 0 fully saturated rings. The Hall–Kier alpha value is -1.15. The molecule has 2 heteroatoms. The van der Waals surface area contributed by atoms with Gasteiger partial charge in [-0.05, 0) is 34.6 Å². The highest BCUT2D eigenvalue weighted by molar-refractivity contribution is 5.77. The molecule has 2 atom stereocenters.